The summed E-state index contributed by atoms with van der Waals surface area (Å²) in [6, 6.07) is 12.9. The van der Waals surface area contributed by atoms with Crippen molar-refractivity contribution in [1.82, 2.24) is 9.78 Å². The number of anilines is 1. The van der Waals surface area contributed by atoms with E-state index in [1.165, 1.54) is 29.1 Å². The van der Waals surface area contributed by atoms with Crippen LogP contribution in [-0.4, -0.2) is 15.7 Å². The second-order valence-corrected chi connectivity index (χ2v) is 7.02. The van der Waals surface area contributed by atoms with Crippen LogP contribution in [0.4, 0.5) is 14.5 Å². The summed E-state index contributed by atoms with van der Waals surface area (Å²) in [5, 5.41) is 7.32. The molecule has 2 heterocycles. The van der Waals surface area contributed by atoms with Gasteiger partial charge in [0.1, 0.15) is 23.9 Å². The first-order chi connectivity index (χ1) is 15.5. The van der Waals surface area contributed by atoms with Crippen molar-refractivity contribution in [2.24, 2.45) is 0 Å². The number of carbonyl (C=O) groups is 1. The van der Waals surface area contributed by atoms with Crippen LogP contribution in [0.2, 0.25) is 5.02 Å². The van der Waals surface area contributed by atoms with E-state index in [1.54, 1.807) is 30.5 Å². The lowest BCUT2D eigenvalue weighted by Crippen LogP contribution is -2.10. The summed E-state index contributed by atoms with van der Waals surface area (Å²) in [6.07, 6.45) is 3.05. The summed E-state index contributed by atoms with van der Waals surface area (Å²) >= 11 is 5.91. The van der Waals surface area contributed by atoms with Crippen molar-refractivity contribution in [3.63, 3.8) is 0 Å². The van der Waals surface area contributed by atoms with E-state index in [9.17, 15) is 13.6 Å². The van der Waals surface area contributed by atoms with Crippen LogP contribution in [-0.2, 0) is 13.3 Å². The first kappa shape index (κ1) is 21.4. The van der Waals surface area contributed by atoms with Crippen LogP contribution in [0, 0.1) is 11.6 Å². The fourth-order valence-electron chi connectivity index (χ4n) is 2.71. The topological polar surface area (TPSA) is 78.5 Å². The van der Waals surface area contributed by atoms with Gasteiger partial charge in [-0.15, -0.1) is 0 Å². The van der Waals surface area contributed by atoms with E-state index in [1.807, 2.05) is 0 Å². The van der Waals surface area contributed by atoms with Crippen molar-refractivity contribution < 1.29 is 27.5 Å². The lowest BCUT2D eigenvalue weighted by molar-refractivity contribution is 0.0992. The molecule has 0 spiro atoms. The SMILES string of the molecule is O=C(Nc1cnn(COc2cccc(Cl)c2)c1)c1ccc(COc2ccc(F)cc2F)o1. The van der Waals surface area contributed by atoms with E-state index in [0.717, 1.165) is 12.1 Å². The maximum Gasteiger partial charge on any atom is 0.291 e. The van der Waals surface area contributed by atoms with Crippen LogP contribution in [0.3, 0.4) is 0 Å². The lowest BCUT2D eigenvalue weighted by Gasteiger charge is -2.06. The second-order valence-electron chi connectivity index (χ2n) is 6.58. The quantitative estimate of drug-likeness (QED) is 0.388. The Labute approximate surface area is 186 Å². The molecule has 0 bridgehead atoms. The average molecular weight is 460 g/mol. The minimum atomic E-state index is -0.828. The van der Waals surface area contributed by atoms with Crippen molar-refractivity contribution in [2.45, 2.75) is 13.3 Å². The van der Waals surface area contributed by atoms with Crippen molar-refractivity contribution in [3.05, 3.63) is 95.2 Å². The number of hydrogen-bond acceptors (Lipinski definition) is 5. The minimum Gasteiger partial charge on any atom is -0.483 e. The monoisotopic (exact) mass is 459 g/mol. The van der Waals surface area contributed by atoms with Crippen LogP contribution >= 0.6 is 11.6 Å². The summed E-state index contributed by atoms with van der Waals surface area (Å²) in [5.74, 6) is -1.24. The van der Waals surface area contributed by atoms with Crippen LogP contribution in [0.5, 0.6) is 11.5 Å². The van der Waals surface area contributed by atoms with Crippen LogP contribution in [0.25, 0.3) is 0 Å². The van der Waals surface area contributed by atoms with Crippen LogP contribution in [0.15, 0.2) is 71.4 Å². The van der Waals surface area contributed by atoms with Gasteiger partial charge in [-0.2, -0.15) is 5.10 Å². The molecular formula is C22H16ClF2N3O4. The molecule has 0 radical (unpaired) electrons. The Morgan fingerprint density at radius 2 is 2.00 bits per heavy atom. The molecule has 7 nitrogen and oxygen atoms in total. The fraction of sp³-hybridized carbons (Fsp3) is 0.0909. The molecule has 164 valence electrons. The second kappa shape index (κ2) is 9.52. The molecule has 1 amide bonds. The number of furan rings is 1. The molecule has 0 saturated heterocycles. The number of benzene rings is 2. The summed E-state index contributed by atoms with van der Waals surface area (Å²) < 4.78 is 44.3. The van der Waals surface area contributed by atoms with E-state index in [-0.39, 0.29) is 24.8 Å². The zero-order valence-corrected chi connectivity index (χ0v) is 17.2. The molecule has 0 unspecified atom stereocenters. The number of aromatic nitrogens is 2. The molecule has 0 atom stereocenters. The lowest BCUT2D eigenvalue weighted by atomic mass is 10.3. The predicted octanol–water partition coefficient (Wildman–Crippen LogP) is 5.28. The maximum atomic E-state index is 13.6. The van der Waals surface area contributed by atoms with Crippen LogP contribution in [0.1, 0.15) is 16.3 Å². The number of nitrogens with one attached hydrogen (secondary N) is 1. The van der Waals surface area contributed by atoms with E-state index in [0.29, 0.717) is 22.2 Å². The Balaban J connectivity index is 1.30. The van der Waals surface area contributed by atoms with Gasteiger partial charge in [0.2, 0.25) is 0 Å². The van der Waals surface area contributed by atoms with Gasteiger partial charge in [-0.05, 0) is 42.5 Å². The van der Waals surface area contributed by atoms with E-state index < -0.39 is 17.5 Å². The molecule has 4 aromatic rings. The van der Waals surface area contributed by atoms with Crippen molar-refractivity contribution >= 4 is 23.2 Å². The van der Waals surface area contributed by atoms with Crippen molar-refractivity contribution in [2.75, 3.05) is 5.32 Å². The molecule has 4 rings (SSSR count). The van der Waals surface area contributed by atoms with Gasteiger partial charge in [0.25, 0.3) is 5.91 Å². The molecule has 32 heavy (non-hydrogen) atoms. The summed E-state index contributed by atoms with van der Waals surface area (Å²) in [5.41, 5.74) is 0.437. The number of hydrogen-bond donors (Lipinski definition) is 1. The highest BCUT2D eigenvalue weighted by Gasteiger charge is 2.14. The normalized spacial score (nSPS) is 10.7. The van der Waals surface area contributed by atoms with Gasteiger partial charge in [0, 0.05) is 11.1 Å². The maximum absolute atomic E-state index is 13.6. The fourth-order valence-corrected chi connectivity index (χ4v) is 2.89. The smallest absolute Gasteiger partial charge is 0.291 e. The van der Waals surface area contributed by atoms with Gasteiger partial charge in [0.05, 0.1) is 18.1 Å². The molecule has 0 aliphatic rings. The van der Waals surface area contributed by atoms with Gasteiger partial charge < -0.3 is 19.2 Å². The molecular weight excluding hydrogens is 444 g/mol. The highest BCUT2D eigenvalue weighted by atomic mass is 35.5. The molecule has 10 heteroatoms. The standard InChI is InChI=1S/C22H16ClF2N3O4/c23-14-2-1-3-17(8-14)31-13-28-11-16(10-26-28)27-22(29)21-7-5-18(32-21)12-30-20-6-4-15(24)9-19(20)25/h1-11H,12-13H2,(H,27,29). The third-order valence-corrected chi connectivity index (χ3v) is 4.44. The number of amides is 1. The number of rotatable bonds is 8. The largest absolute Gasteiger partial charge is 0.483 e. The highest BCUT2D eigenvalue weighted by molar-refractivity contribution is 6.30. The summed E-state index contributed by atoms with van der Waals surface area (Å²) in [4.78, 5) is 12.4. The molecule has 0 fully saturated rings. The first-order valence-electron chi connectivity index (χ1n) is 9.35. The number of halogens is 3. The van der Waals surface area contributed by atoms with E-state index >= 15 is 0 Å². The highest BCUT2D eigenvalue weighted by Crippen LogP contribution is 2.20. The van der Waals surface area contributed by atoms with Gasteiger partial charge in [0.15, 0.2) is 24.1 Å². The van der Waals surface area contributed by atoms with E-state index in [2.05, 4.69) is 10.4 Å². The molecule has 1 N–H and O–H groups in total. The minimum absolute atomic E-state index is 0.0334. The molecule has 0 aliphatic carbocycles. The number of carbonyl (C=O) groups excluding carboxylic acids is 1. The zero-order chi connectivity index (χ0) is 22.5. The molecule has 0 saturated carbocycles. The Kier molecular flexibility index (Phi) is 6.37. The number of ether oxygens (including phenoxy) is 2. The Bertz CT molecular complexity index is 1240. The van der Waals surface area contributed by atoms with Gasteiger partial charge in [-0.25, -0.2) is 13.5 Å². The Morgan fingerprint density at radius 3 is 2.81 bits per heavy atom. The van der Waals surface area contributed by atoms with Crippen molar-refractivity contribution in [1.29, 1.82) is 0 Å². The molecule has 0 aliphatic heterocycles. The zero-order valence-electron chi connectivity index (χ0n) is 16.4. The average Bonchev–Trinajstić information content (AvgIpc) is 3.41. The van der Waals surface area contributed by atoms with Gasteiger partial charge >= 0.3 is 0 Å². The summed E-state index contributed by atoms with van der Waals surface area (Å²) in [7, 11) is 0. The van der Waals surface area contributed by atoms with Gasteiger partial charge in [-0.1, -0.05) is 17.7 Å². The van der Waals surface area contributed by atoms with Gasteiger partial charge in [-0.3, -0.25) is 4.79 Å². The molecule has 2 aromatic carbocycles. The third kappa shape index (κ3) is 5.44. The van der Waals surface area contributed by atoms with E-state index in [4.69, 9.17) is 25.5 Å². The molecule has 2 aromatic heterocycles. The Hall–Kier alpha value is -3.85. The Morgan fingerprint density at radius 1 is 1.12 bits per heavy atom. The summed E-state index contributed by atoms with van der Waals surface area (Å²) in [6.45, 7) is -0.00694. The van der Waals surface area contributed by atoms with Crippen molar-refractivity contribution in [3.8, 4) is 11.5 Å². The van der Waals surface area contributed by atoms with Crippen LogP contribution < -0.4 is 14.8 Å². The third-order valence-electron chi connectivity index (χ3n) is 4.20. The predicted molar refractivity (Wildman–Crippen MR) is 112 cm³/mol. The number of nitrogens with zero attached hydrogens (tertiary/aromatic N) is 2. The first-order valence-corrected chi connectivity index (χ1v) is 9.73.